The van der Waals surface area contributed by atoms with Gasteiger partial charge in [-0.05, 0) is 25.0 Å². The van der Waals surface area contributed by atoms with Crippen molar-refractivity contribution < 1.29 is 14.3 Å². The van der Waals surface area contributed by atoms with Gasteiger partial charge in [0.2, 0.25) is 5.13 Å². The Balaban J connectivity index is 1.80. The smallest absolute Gasteiger partial charge is 0.265 e. The van der Waals surface area contributed by atoms with E-state index < -0.39 is 0 Å². The molecule has 0 saturated heterocycles. The van der Waals surface area contributed by atoms with Crippen molar-refractivity contribution in [2.24, 2.45) is 0 Å². The van der Waals surface area contributed by atoms with Gasteiger partial charge >= 0.3 is 0 Å². The highest BCUT2D eigenvalue weighted by atomic mass is 32.1. The van der Waals surface area contributed by atoms with Crippen molar-refractivity contribution in [3.8, 4) is 11.5 Å². The molecule has 0 radical (unpaired) electrons. The summed E-state index contributed by atoms with van der Waals surface area (Å²) in [7, 11) is 3.04. The lowest BCUT2D eigenvalue weighted by molar-refractivity contribution is 0.102. The number of benzene rings is 1. The Morgan fingerprint density at radius 1 is 1.23 bits per heavy atom. The predicted molar refractivity (Wildman–Crippen MR) is 84.0 cm³/mol. The van der Waals surface area contributed by atoms with Gasteiger partial charge in [0, 0.05) is 5.92 Å². The Hall–Kier alpha value is -2.15. The molecule has 1 aromatic heterocycles. The van der Waals surface area contributed by atoms with Crippen molar-refractivity contribution in [3.63, 3.8) is 0 Å². The average Bonchev–Trinajstić information content (AvgIpc) is 2.92. The summed E-state index contributed by atoms with van der Waals surface area (Å²) in [6.45, 7) is 0. The van der Waals surface area contributed by atoms with Crippen LogP contribution in [0.5, 0.6) is 11.5 Å². The van der Waals surface area contributed by atoms with Crippen LogP contribution in [-0.4, -0.2) is 30.3 Å². The van der Waals surface area contributed by atoms with Crippen LogP contribution in [-0.2, 0) is 0 Å². The minimum Gasteiger partial charge on any atom is -0.496 e. The minimum atomic E-state index is -0.314. The lowest BCUT2D eigenvalue weighted by atomic mass is 9.86. The van der Waals surface area contributed by atoms with E-state index in [-0.39, 0.29) is 5.91 Å². The van der Waals surface area contributed by atoms with Gasteiger partial charge in [-0.15, -0.1) is 10.2 Å². The van der Waals surface area contributed by atoms with E-state index >= 15 is 0 Å². The third-order valence-corrected chi connectivity index (χ3v) is 4.77. The first-order chi connectivity index (χ1) is 10.7. The molecule has 0 unspecified atom stereocenters. The highest BCUT2D eigenvalue weighted by Crippen LogP contribution is 2.38. The molecule has 1 fully saturated rings. The number of nitrogens with one attached hydrogen (secondary N) is 1. The molecule has 2 aromatic rings. The molecule has 1 saturated carbocycles. The first-order valence-corrected chi connectivity index (χ1v) is 7.90. The van der Waals surface area contributed by atoms with Gasteiger partial charge in [0.1, 0.15) is 22.1 Å². The summed E-state index contributed by atoms with van der Waals surface area (Å²) in [6, 6.07) is 5.21. The number of hydrogen-bond donors (Lipinski definition) is 1. The number of rotatable bonds is 5. The molecule has 1 N–H and O–H groups in total. The fourth-order valence-electron chi connectivity index (χ4n) is 2.34. The molecule has 0 aliphatic heterocycles. The molecular formula is C15H17N3O3S. The maximum Gasteiger partial charge on any atom is 0.265 e. The van der Waals surface area contributed by atoms with E-state index in [1.807, 2.05) is 0 Å². The van der Waals surface area contributed by atoms with Gasteiger partial charge in [0.25, 0.3) is 5.91 Å². The van der Waals surface area contributed by atoms with E-state index in [9.17, 15) is 4.79 Å². The average molecular weight is 319 g/mol. The van der Waals surface area contributed by atoms with Crippen LogP contribution in [0.15, 0.2) is 18.2 Å². The summed E-state index contributed by atoms with van der Waals surface area (Å²) in [5.41, 5.74) is 0.355. The van der Waals surface area contributed by atoms with E-state index in [1.54, 1.807) is 18.2 Å². The van der Waals surface area contributed by atoms with Crippen molar-refractivity contribution in [2.75, 3.05) is 19.5 Å². The van der Waals surface area contributed by atoms with Crippen LogP contribution >= 0.6 is 11.3 Å². The number of aromatic nitrogens is 2. The second kappa shape index (κ2) is 6.31. The fourth-order valence-corrected chi connectivity index (χ4v) is 3.25. The van der Waals surface area contributed by atoms with Crippen LogP contribution < -0.4 is 14.8 Å². The van der Waals surface area contributed by atoms with Crippen molar-refractivity contribution in [3.05, 3.63) is 28.8 Å². The van der Waals surface area contributed by atoms with E-state index in [0.29, 0.717) is 28.1 Å². The molecule has 1 aliphatic rings. The van der Waals surface area contributed by atoms with E-state index in [4.69, 9.17) is 9.47 Å². The Labute approximate surface area is 132 Å². The first kappa shape index (κ1) is 14.8. The molecule has 116 valence electrons. The quantitative estimate of drug-likeness (QED) is 0.917. The molecule has 1 heterocycles. The summed E-state index contributed by atoms with van der Waals surface area (Å²) in [6.07, 6.45) is 3.55. The number of methoxy groups -OCH3 is 2. The van der Waals surface area contributed by atoms with Crippen LogP contribution in [0.2, 0.25) is 0 Å². The molecule has 7 heteroatoms. The minimum absolute atomic E-state index is 0.314. The highest BCUT2D eigenvalue weighted by molar-refractivity contribution is 7.15. The zero-order valence-electron chi connectivity index (χ0n) is 12.5. The molecule has 0 spiro atoms. The lowest BCUT2D eigenvalue weighted by Crippen LogP contribution is -2.14. The number of amides is 1. The number of anilines is 1. The first-order valence-electron chi connectivity index (χ1n) is 7.08. The Bertz CT molecular complexity index is 660. The Kier molecular flexibility index (Phi) is 4.24. The zero-order chi connectivity index (χ0) is 15.5. The highest BCUT2D eigenvalue weighted by Gasteiger charge is 2.25. The van der Waals surface area contributed by atoms with Crippen LogP contribution in [0, 0.1) is 0 Å². The van der Waals surface area contributed by atoms with Gasteiger partial charge < -0.3 is 9.47 Å². The summed E-state index contributed by atoms with van der Waals surface area (Å²) in [5, 5.41) is 12.5. The van der Waals surface area contributed by atoms with E-state index in [0.717, 1.165) is 17.8 Å². The Morgan fingerprint density at radius 3 is 2.45 bits per heavy atom. The maximum atomic E-state index is 12.5. The van der Waals surface area contributed by atoms with E-state index in [1.165, 1.54) is 32.0 Å². The number of nitrogens with zero attached hydrogens (tertiary/aromatic N) is 2. The van der Waals surface area contributed by atoms with Gasteiger partial charge in [-0.25, -0.2) is 0 Å². The van der Waals surface area contributed by atoms with Crippen LogP contribution in [0.25, 0.3) is 0 Å². The van der Waals surface area contributed by atoms with Crippen molar-refractivity contribution in [1.29, 1.82) is 0 Å². The summed E-state index contributed by atoms with van der Waals surface area (Å²) < 4.78 is 10.5. The molecule has 22 heavy (non-hydrogen) atoms. The fraction of sp³-hybridized carbons (Fsp3) is 0.400. The summed E-state index contributed by atoms with van der Waals surface area (Å²) in [5.74, 6) is 1.11. The summed E-state index contributed by atoms with van der Waals surface area (Å²) in [4.78, 5) is 12.5. The third-order valence-electron chi connectivity index (χ3n) is 3.77. The van der Waals surface area contributed by atoms with Crippen molar-refractivity contribution in [1.82, 2.24) is 10.2 Å². The molecule has 6 nitrogen and oxygen atoms in total. The lowest BCUT2D eigenvalue weighted by Gasteiger charge is -2.21. The maximum absolute atomic E-state index is 12.5. The van der Waals surface area contributed by atoms with Gasteiger partial charge in [0.15, 0.2) is 0 Å². The van der Waals surface area contributed by atoms with Crippen LogP contribution in [0.1, 0.15) is 40.5 Å². The van der Waals surface area contributed by atoms with Gasteiger partial charge in [0.05, 0.1) is 14.2 Å². The van der Waals surface area contributed by atoms with Gasteiger partial charge in [-0.2, -0.15) is 0 Å². The molecule has 0 bridgehead atoms. The van der Waals surface area contributed by atoms with Crippen LogP contribution in [0.3, 0.4) is 0 Å². The Morgan fingerprint density at radius 2 is 1.91 bits per heavy atom. The second-order valence-corrected chi connectivity index (χ2v) is 6.07. The molecule has 3 rings (SSSR count). The van der Waals surface area contributed by atoms with Gasteiger partial charge in [-0.3, -0.25) is 10.1 Å². The SMILES string of the molecule is COc1cccc(OC)c1C(=O)Nc1nnc(C2CCC2)s1. The molecular weight excluding hydrogens is 302 g/mol. The summed E-state index contributed by atoms with van der Waals surface area (Å²) >= 11 is 1.43. The standard InChI is InChI=1S/C15H17N3O3S/c1-20-10-7-4-8-11(21-2)12(10)13(19)16-15-18-17-14(22-15)9-5-3-6-9/h4,7-9H,3,5-6H2,1-2H3,(H,16,18,19). The molecule has 1 aliphatic carbocycles. The number of hydrogen-bond acceptors (Lipinski definition) is 6. The second-order valence-electron chi connectivity index (χ2n) is 5.06. The number of carbonyl (C=O) groups excluding carboxylic acids is 1. The van der Waals surface area contributed by atoms with Crippen molar-refractivity contribution in [2.45, 2.75) is 25.2 Å². The molecule has 1 amide bonds. The number of carbonyl (C=O) groups is 1. The van der Waals surface area contributed by atoms with Gasteiger partial charge in [-0.1, -0.05) is 23.8 Å². The number of ether oxygens (including phenoxy) is 2. The monoisotopic (exact) mass is 319 g/mol. The largest absolute Gasteiger partial charge is 0.496 e. The topological polar surface area (TPSA) is 73.3 Å². The predicted octanol–water partition coefficient (Wildman–Crippen LogP) is 3.08. The third kappa shape index (κ3) is 2.76. The van der Waals surface area contributed by atoms with Crippen molar-refractivity contribution >= 4 is 22.4 Å². The van der Waals surface area contributed by atoms with Crippen LogP contribution in [0.4, 0.5) is 5.13 Å². The molecule has 1 aromatic carbocycles. The zero-order valence-corrected chi connectivity index (χ0v) is 13.3. The normalized spacial score (nSPS) is 14.3. The molecule has 0 atom stereocenters. The van der Waals surface area contributed by atoms with E-state index in [2.05, 4.69) is 15.5 Å².